The Morgan fingerprint density at radius 1 is 1.19 bits per heavy atom. The van der Waals surface area contributed by atoms with E-state index < -0.39 is 5.82 Å². The van der Waals surface area contributed by atoms with Gasteiger partial charge < -0.3 is 14.6 Å². The van der Waals surface area contributed by atoms with E-state index in [4.69, 9.17) is 21.3 Å². The third-order valence-electron chi connectivity index (χ3n) is 6.80. The highest BCUT2D eigenvalue weighted by molar-refractivity contribution is 6.31. The maximum atomic E-state index is 15.3. The molecule has 182 valence electrons. The second kappa shape index (κ2) is 8.87. The Labute approximate surface area is 210 Å². The van der Waals surface area contributed by atoms with E-state index >= 15 is 4.39 Å². The van der Waals surface area contributed by atoms with Crippen LogP contribution in [0.1, 0.15) is 36.7 Å². The number of ether oxygens (including phenoxy) is 1. The van der Waals surface area contributed by atoms with Gasteiger partial charge in [0.15, 0.2) is 5.82 Å². The van der Waals surface area contributed by atoms with Gasteiger partial charge in [-0.2, -0.15) is 4.68 Å². The number of aromatic amines is 1. The third-order valence-corrected chi connectivity index (χ3v) is 7.09. The lowest BCUT2D eigenvalue weighted by Crippen LogP contribution is -2.39. The van der Waals surface area contributed by atoms with Crippen LogP contribution in [0.2, 0.25) is 5.02 Å². The number of halogens is 2. The first-order valence-electron chi connectivity index (χ1n) is 11.5. The summed E-state index contributed by atoms with van der Waals surface area (Å²) in [5, 5.41) is 11.2. The minimum absolute atomic E-state index is 0.0265. The minimum atomic E-state index is -0.598. The Hall–Kier alpha value is -4.05. The molecule has 11 heteroatoms. The summed E-state index contributed by atoms with van der Waals surface area (Å²) in [5.74, 6) is 0.649. The van der Waals surface area contributed by atoms with Gasteiger partial charge in [-0.05, 0) is 59.5 Å². The number of nitrogens with one attached hydrogen (secondary N) is 1. The van der Waals surface area contributed by atoms with Crippen LogP contribution in [0.15, 0.2) is 55.0 Å². The Balaban J connectivity index is 1.33. The fourth-order valence-electron chi connectivity index (χ4n) is 5.21. The number of benzene rings is 2. The molecule has 0 spiro atoms. The van der Waals surface area contributed by atoms with Crippen LogP contribution < -0.4 is 4.74 Å². The van der Waals surface area contributed by atoms with Crippen molar-refractivity contribution in [1.82, 2.24) is 35.1 Å². The van der Waals surface area contributed by atoms with Crippen LogP contribution in [0.4, 0.5) is 4.39 Å². The molecule has 2 aromatic heterocycles. The molecule has 2 aliphatic heterocycles. The fourth-order valence-corrected chi connectivity index (χ4v) is 5.36. The number of carbonyl (C=O) groups is 1. The van der Waals surface area contributed by atoms with Gasteiger partial charge in [-0.15, -0.1) is 5.10 Å². The molecule has 1 amide bonds. The highest BCUT2D eigenvalue weighted by Gasteiger charge is 2.42. The van der Waals surface area contributed by atoms with Gasteiger partial charge in [0.1, 0.15) is 17.9 Å². The number of nitrogens with zero attached hydrogens (tertiary/aromatic N) is 6. The predicted octanol–water partition coefficient (Wildman–Crippen LogP) is 4.37. The summed E-state index contributed by atoms with van der Waals surface area (Å²) in [5.41, 5.74) is 2.86. The zero-order valence-corrected chi connectivity index (χ0v) is 20.0. The van der Waals surface area contributed by atoms with Crippen LogP contribution in [0.25, 0.3) is 22.5 Å². The first-order chi connectivity index (χ1) is 17.5. The van der Waals surface area contributed by atoms with E-state index in [0.29, 0.717) is 23.5 Å². The zero-order valence-electron chi connectivity index (χ0n) is 19.2. The predicted molar refractivity (Wildman–Crippen MR) is 130 cm³/mol. The van der Waals surface area contributed by atoms with E-state index in [1.165, 1.54) is 23.2 Å². The average molecular weight is 506 g/mol. The molecular formula is C25H21ClFN7O2. The number of aromatic nitrogens is 6. The summed E-state index contributed by atoms with van der Waals surface area (Å²) in [6.45, 7) is 0. The Bertz CT molecular complexity index is 1480. The molecular weight excluding hydrogens is 485 g/mol. The Kier molecular flexibility index (Phi) is 5.52. The number of fused-ring (bicyclic) bond motifs is 1. The van der Waals surface area contributed by atoms with Gasteiger partial charge in [0, 0.05) is 29.4 Å². The highest BCUT2D eigenvalue weighted by Crippen LogP contribution is 2.44. The first-order valence-corrected chi connectivity index (χ1v) is 11.9. The van der Waals surface area contributed by atoms with Crippen molar-refractivity contribution >= 4 is 23.1 Å². The highest BCUT2D eigenvalue weighted by atomic mass is 35.5. The molecule has 0 aliphatic carbocycles. The van der Waals surface area contributed by atoms with Crippen LogP contribution in [-0.2, 0) is 4.79 Å². The van der Waals surface area contributed by atoms with Crippen molar-refractivity contribution in [2.75, 3.05) is 7.11 Å². The summed E-state index contributed by atoms with van der Waals surface area (Å²) < 4.78 is 22.1. The number of rotatable bonds is 5. The molecule has 2 atom stereocenters. The number of tetrazole rings is 1. The number of carbonyl (C=O) groups excluding carboxylic acids is 1. The minimum Gasteiger partial charge on any atom is -0.496 e. The number of hydrogen-bond acceptors (Lipinski definition) is 6. The topological polar surface area (TPSA) is 102 Å². The zero-order chi connectivity index (χ0) is 24.8. The molecule has 4 aromatic rings. The van der Waals surface area contributed by atoms with E-state index in [0.717, 1.165) is 29.8 Å². The number of hydrogen-bond donors (Lipinski definition) is 1. The fraction of sp³-hybridized carbons (Fsp3) is 0.240. The van der Waals surface area contributed by atoms with E-state index in [9.17, 15) is 4.79 Å². The molecule has 1 unspecified atom stereocenters. The van der Waals surface area contributed by atoms with E-state index in [2.05, 4.69) is 20.5 Å². The van der Waals surface area contributed by atoms with Gasteiger partial charge in [0.2, 0.25) is 5.91 Å². The molecule has 1 fully saturated rings. The van der Waals surface area contributed by atoms with Crippen LogP contribution >= 0.6 is 11.6 Å². The largest absolute Gasteiger partial charge is 0.496 e. The maximum absolute atomic E-state index is 15.3. The quantitative estimate of drug-likeness (QED) is 0.432. The summed E-state index contributed by atoms with van der Waals surface area (Å²) in [7, 11) is 1.62. The molecule has 1 N–H and O–H groups in total. The van der Waals surface area contributed by atoms with E-state index in [-0.39, 0.29) is 28.6 Å². The third kappa shape index (κ3) is 3.65. The van der Waals surface area contributed by atoms with Crippen molar-refractivity contribution in [3.63, 3.8) is 0 Å². The summed E-state index contributed by atoms with van der Waals surface area (Å²) in [6.07, 6.45) is 6.69. The smallest absolute Gasteiger partial charge is 0.247 e. The molecule has 1 saturated heterocycles. The number of H-pyrrole nitrogens is 1. The van der Waals surface area contributed by atoms with E-state index in [1.807, 2.05) is 35.4 Å². The molecule has 2 aromatic carbocycles. The summed E-state index contributed by atoms with van der Waals surface area (Å²) in [4.78, 5) is 23.3. The van der Waals surface area contributed by atoms with Gasteiger partial charge in [-0.25, -0.2) is 9.37 Å². The van der Waals surface area contributed by atoms with Crippen molar-refractivity contribution in [1.29, 1.82) is 0 Å². The van der Waals surface area contributed by atoms with Crippen molar-refractivity contribution in [3.05, 3.63) is 77.2 Å². The molecule has 36 heavy (non-hydrogen) atoms. The van der Waals surface area contributed by atoms with Gasteiger partial charge in [-0.1, -0.05) is 23.7 Å². The molecule has 4 heterocycles. The van der Waals surface area contributed by atoms with Gasteiger partial charge in [0.25, 0.3) is 0 Å². The van der Waals surface area contributed by atoms with Crippen LogP contribution in [0, 0.1) is 5.82 Å². The number of amides is 1. The molecule has 2 aliphatic rings. The van der Waals surface area contributed by atoms with Crippen molar-refractivity contribution < 1.29 is 13.9 Å². The van der Waals surface area contributed by atoms with Gasteiger partial charge >= 0.3 is 0 Å². The maximum Gasteiger partial charge on any atom is 0.247 e. The lowest BCUT2D eigenvalue weighted by molar-refractivity contribution is -0.129. The standard InChI is InChI=1S/C25H21ClFN7O2/c1-36-21-5-3-2-4-16(21)18-12-28-25(30-18)20-8-6-15-10-14(11-22(35)34(15)20)23-19(33-13-29-31-32-33)9-7-17(26)24(23)27/h2-5,7,9,11-13,15,20H,6,8,10H2,1H3,(H,28,30)/t15?,20-/m0/s1. The lowest BCUT2D eigenvalue weighted by Gasteiger charge is -2.33. The van der Waals surface area contributed by atoms with Crippen molar-refractivity contribution in [2.45, 2.75) is 31.3 Å². The Morgan fingerprint density at radius 2 is 2.06 bits per heavy atom. The molecule has 0 radical (unpaired) electrons. The molecule has 9 nitrogen and oxygen atoms in total. The van der Waals surface area contributed by atoms with Crippen molar-refractivity contribution in [2.24, 2.45) is 0 Å². The van der Waals surface area contributed by atoms with Crippen molar-refractivity contribution in [3.8, 4) is 22.7 Å². The second-order valence-corrected chi connectivity index (χ2v) is 9.15. The lowest BCUT2D eigenvalue weighted by atomic mass is 9.92. The molecule has 0 saturated carbocycles. The summed E-state index contributed by atoms with van der Waals surface area (Å²) in [6, 6.07) is 10.5. The molecule has 6 rings (SSSR count). The first kappa shape index (κ1) is 22.4. The number of methoxy groups -OCH3 is 1. The van der Waals surface area contributed by atoms with Gasteiger partial charge in [-0.3, -0.25) is 4.79 Å². The summed E-state index contributed by atoms with van der Waals surface area (Å²) >= 11 is 6.11. The van der Waals surface area contributed by atoms with Gasteiger partial charge in [0.05, 0.1) is 29.6 Å². The van der Waals surface area contributed by atoms with Crippen LogP contribution in [0.5, 0.6) is 5.75 Å². The normalized spacial score (nSPS) is 19.4. The molecule has 0 bridgehead atoms. The average Bonchev–Trinajstić information content (AvgIpc) is 3.66. The van der Waals surface area contributed by atoms with Crippen LogP contribution in [0.3, 0.4) is 0 Å². The number of para-hydroxylation sites is 1. The SMILES string of the molecule is COc1ccccc1-c1c[nH]c([C@@H]2CCC3CC(c4c(-n5cnnn5)ccc(Cl)c4F)=CC(=O)N32)n1. The second-order valence-electron chi connectivity index (χ2n) is 8.75. The van der Waals surface area contributed by atoms with Crippen LogP contribution in [-0.4, -0.2) is 54.1 Å². The Morgan fingerprint density at radius 3 is 2.86 bits per heavy atom. The monoisotopic (exact) mass is 505 g/mol. The van der Waals surface area contributed by atoms with E-state index in [1.54, 1.807) is 13.2 Å². The number of imidazole rings is 1.